The Labute approximate surface area is 65.2 Å². The highest BCUT2D eigenvalue weighted by atomic mass is 19.3. The van der Waals surface area contributed by atoms with Gasteiger partial charge in [0.25, 0.3) is 5.92 Å². The van der Waals surface area contributed by atoms with E-state index in [4.69, 9.17) is 0 Å². The summed E-state index contributed by atoms with van der Waals surface area (Å²) >= 11 is 0. The topological polar surface area (TPSA) is 12.0 Å². The van der Waals surface area contributed by atoms with Crippen LogP contribution in [0.3, 0.4) is 0 Å². The van der Waals surface area contributed by atoms with Crippen LogP contribution in [-0.4, -0.2) is 19.0 Å². The van der Waals surface area contributed by atoms with E-state index in [9.17, 15) is 8.78 Å². The minimum absolute atomic E-state index is 0.118. The maximum atomic E-state index is 12.8. The minimum atomic E-state index is -2.36. The first-order chi connectivity index (χ1) is 5.16. The molecule has 1 unspecified atom stereocenters. The van der Waals surface area contributed by atoms with Gasteiger partial charge in [-0.15, -0.1) is 0 Å². The van der Waals surface area contributed by atoms with Crippen LogP contribution in [0.2, 0.25) is 0 Å². The number of alkyl halides is 2. The van der Waals surface area contributed by atoms with Gasteiger partial charge in [0, 0.05) is 13.0 Å². The number of nitrogens with one attached hydrogen (secondary N) is 1. The quantitative estimate of drug-likeness (QED) is 0.571. The molecular weight excluding hydrogens is 148 g/mol. The molecule has 0 amide bonds. The van der Waals surface area contributed by atoms with Crippen molar-refractivity contribution in [2.75, 3.05) is 13.1 Å². The third kappa shape index (κ3) is 1.06. The lowest BCUT2D eigenvalue weighted by atomic mass is 10.0. The molecule has 0 aromatic rings. The van der Waals surface area contributed by atoms with Gasteiger partial charge in [0.2, 0.25) is 0 Å². The maximum absolute atomic E-state index is 12.8. The molecule has 0 radical (unpaired) electrons. The molecule has 0 bridgehead atoms. The summed E-state index contributed by atoms with van der Waals surface area (Å²) in [5.41, 5.74) is -0.635. The van der Waals surface area contributed by atoms with Crippen LogP contribution >= 0.6 is 0 Å². The molecule has 1 atom stereocenters. The summed E-state index contributed by atoms with van der Waals surface area (Å²) in [7, 11) is 0. The molecule has 1 saturated carbocycles. The van der Waals surface area contributed by atoms with E-state index in [-0.39, 0.29) is 6.42 Å². The third-order valence-corrected chi connectivity index (χ3v) is 2.93. The van der Waals surface area contributed by atoms with Crippen LogP contribution in [-0.2, 0) is 0 Å². The highest BCUT2D eigenvalue weighted by Crippen LogP contribution is 2.63. The molecule has 2 aliphatic rings. The van der Waals surface area contributed by atoms with Gasteiger partial charge < -0.3 is 5.32 Å². The fourth-order valence-corrected chi connectivity index (χ4v) is 1.97. The number of rotatable bonds is 0. The Balaban J connectivity index is 2.03. The Kier molecular flexibility index (Phi) is 1.46. The van der Waals surface area contributed by atoms with Gasteiger partial charge in [-0.25, -0.2) is 8.78 Å². The molecule has 0 aromatic carbocycles. The van der Waals surface area contributed by atoms with E-state index >= 15 is 0 Å². The van der Waals surface area contributed by atoms with Crippen molar-refractivity contribution in [2.24, 2.45) is 5.41 Å². The highest BCUT2D eigenvalue weighted by Gasteiger charge is 2.69. The third-order valence-electron chi connectivity index (χ3n) is 2.93. The van der Waals surface area contributed by atoms with Crippen LogP contribution in [0.25, 0.3) is 0 Å². The number of hydrogen-bond donors (Lipinski definition) is 1. The zero-order chi connectivity index (χ0) is 7.95. The van der Waals surface area contributed by atoms with Crippen molar-refractivity contribution in [3.05, 3.63) is 0 Å². The lowest BCUT2D eigenvalue weighted by Crippen LogP contribution is -2.25. The van der Waals surface area contributed by atoms with Crippen LogP contribution in [0, 0.1) is 5.41 Å². The summed E-state index contributed by atoms with van der Waals surface area (Å²) in [5, 5.41) is 3.08. The molecule has 1 nitrogen and oxygen atoms in total. The van der Waals surface area contributed by atoms with E-state index in [1.165, 1.54) is 0 Å². The van der Waals surface area contributed by atoms with Crippen molar-refractivity contribution in [3.8, 4) is 0 Å². The van der Waals surface area contributed by atoms with Crippen molar-refractivity contribution >= 4 is 0 Å². The average Bonchev–Trinajstić information content (AvgIpc) is 2.54. The van der Waals surface area contributed by atoms with Crippen molar-refractivity contribution in [1.29, 1.82) is 0 Å². The van der Waals surface area contributed by atoms with E-state index in [0.29, 0.717) is 13.0 Å². The normalized spacial score (nSPS) is 42.0. The smallest absolute Gasteiger partial charge is 0.255 e. The van der Waals surface area contributed by atoms with Crippen molar-refractivity contribution in [3.63, 3.8) is 0 Å². The second kappa shape index (κ2) is 2.16. The lowest BCUT2D eigenvalue weighted by molar-refractivity contribution is 0.0618. The van der Waals surface area contributed by atoms with Crippen LogP contribution in [0.1, 0.15) is 25.7 Å². The largest absolute Gasteiger partial charge is 0.316 e. The van der Waals surface area contributed by atoms with Crippen LogP contribution in [0.15, 0.2) is 0 Å². The maximum Gasteiger partial charge on any atom is 0.255 e. The second-order valence-corrected chi connectivity index (χ2v) is 3.80. The molecule has 1 heterocycles. The van der Waals surface area contributed by atoms with Gasteiger partial charge in [-0.2, -0.15) is 0 Å². The Bertz CT molecular complexity index is 159. The Hall–Kier alpha value is -0.180. The Morgan fingerprint density at radius 1 is 1.18 bits per heavy atom. The van der Waals surface area contributed by atoms with Gasteiger partial charge in [0.15, 0.2) is 0 Å². The molecule has 3 heteroatoms. The summed E-state index contributed by atoms with van der Waals surface area (Å²) in [5.74, 6) is -2.36. The first-order valence-electron chi connectivity index (χ1n) is 4.25. The van der Waals surface area contributed by atoms with E-state index < -0.39 is 11.3 Å². The van der Waals surface area contributed by atoms with Gasteiger partial charge in [-0.3, -0.25) is 0 Å². The van der Waals surface area contributed by atoms with E-state index in [1.54, 1.807) is 0 Å². The van der Waals surface area contributed by atoms with Gasteiger partial charge in [-0.1, -0.05) is 6.42 Å². The SMILES string of the molecule is FC1(F)CC12CCCCNC2. The average molecular weight is 161 g/mol. The van der Waals surface area contributed by atoms with Crippen molar-refractivity contribution in [1.82, 2.24) is 5.32 Å². The predicted molar refractivity (Wildman–Crippen MR) is 38.7 cm³/mol. The summed E-state index contributed by atoms with van der Waals surface area (Å²) in [6.07, 6.45) is 2.85. The molecule has 1 saturated heterocycles. The van der Waals surface area contributed by atoms with Gasteiger partial charge in [-0.05, 0) is 19.4 Å². The van der Waals surface area contributed by atoms with Crippen molar-refractivity contribution < 1.29 is 8.78 Å². The molecule has 64 valence electrons. The molecule has 1 spiro atoms. The summed E-state index contributed by atoms with van der Waals surface area (Å²) in [6.45, 7) is 1.44. The van der Waals surface area contributed by atoms with E-state index in [0.717, 1.165) is 19.4 Å². The number of halogens is 2. The number of hydrogen-bond acceptors (Lipinski definition) is 1. The van der Waals surface area contributed by atoms with Gasteiger partial charge in [0.1, 0.15) is 0 Å². The zero-order valence-electron chi connectivity index (χ0n) is 6.50. The molecule has 1 aliphatic heterocycles. The Morgan fingerprint density at radius 3 is 2.55 bits per heavy atom. The van der Waals surface area contributed by atoms with Crippen molar-refractivity contribution in [2.45, 2.75) is 31.6 Å². The standard InChI is InChI=1S/C8H13F2N/c9-8(10)5-7(8)3-1-2-4-11-6-7/h11H,1-6H2. The summed E-state index contributed by atoms with van der Waals surface area (Å²) in [6, 6.07) is 0. The molecule has 1 aliphatic carbocycles. The van der Waals surface area contributed by atoms with Crippen LogP contribution in [0.5, 0.6) is 0 Å². The molecule has 2 rings (SSSR count). The fraction of sp³-hybridized carbons (Fsp3) is 1.00. The first kappa shape index (κ1) is 7.47. The summed E-state index contributed by atoms with van der Waals surface area (Å²) in [4.78, 5) is 0. The van der Waals surface area contributed by atoms with Gasteiger partial charge >= 0.3 is 0 Å². The minimum Gasteiger partial charge on any atom is -0.316 e. The molecule has 11 heavy (non-hydrogen) atoms. The van der Waals surface area contributed by atoms with E-state index in [1.807, 2.05) is 0 Å². The van der Waals surface area contributed by atoms with E-state index in [2.05, 4.69) is 5.32 Å². The predicted octanol–water partition coefficient (Wildman–Crippen LogP) is 1.79. The first-order valence-corrected chi connectivity index (χ1v) is 4.25. The molecule has 1 N–H and O–H groups in total. The summed E-state index contributed by atoms with van der Waals surface area (Å²) < 4.78 is 25.6. The molecular formula is C8H13F2N. The molecule has 0 aromatic heterocycles. The second-order valence-electron chi connectivity index (χ2n) is 3.80. The lowest BCUT2D eigenvalue weighted by Gasteiger charge is -2.11. The molecule has 2 fully saturated rings. The zero-order valence-corrected chi connectivity index (χ0v) is 6.50. The fourth-order valence-electron chi connectivity index (χ4n) is 1.97. The highest BCUT2D eigenvalue weighted by molar-refractivity contribution is 5.11. The van der Waals surface area contributed by atoms with Crippen LogP contribution in [0.4, 0.5) is 8.78 Å². The monoisotopic (exact) mass is 161 g/mol. The van der Waals surface area contributed by atoms with Gasteiger partial charge in [0.05, 0.1) is 5.41 Å². The van der Waals surface area contributed by atoms with Crippen LogP contribution < -0.4 is 5.32 Å². The Morgan fingerprint density at radius 2 is 1.91 bits per heavy atom.